The molecular formula is C14H22IN3O. The Hall–Kier alpha value is -0.820. The fourth-order valence-corrected chi connectivity index (χ4v) is 1.92. The van der Waals surface area contributed by atoms with Crippen LogP contribution in [0.15, 0.2) is 29.3 Å². The minimum Gasteiger partial charge on any atom is -0.380 e. The molecule has 0 atom stereocenters. The topological polar surface area (TPSA) is 50.9 Å². The Morgan fingerprint density at radius 2 is 2.11 bits per heavy atom. The van der Waals surface area contributed by atoms with Gasteiger partial charge in [-0.05, 0) is 24.0 Å². The van der Waals surface area contributed by atoms with Crippen molar-refractivity contribution in [1.29, 1.82) is 0 Å². The normalized spacial score (nSPS) is 14.9. The van der Waals surface area contributed by atoms with Crippen molar-refractivity contribution in [2.45, 2.75) is 32.0 Å². The van der Waals surface area contributed by atoms with Gasteiger partial charge in [-0.2, -0.15) is 0 Å². The van der Waals surface area contributed by atoms with Gasteiger partial charge < -0.3 is 15.4 Å². The molecule has 106 valence electrons. The largest absolute Gasteiger partial charge is 0.380 e. The van der Waals surface area contributed by atoms with Gasteiger partial charge in [0.15, 0.2) is 5.96 Å². The summed E-state index contributed by atoms with van der Waals surface area (Å²) in [4.78, 5) is 6.50. The van der Waals surface area contributed by atoms with Crippen molar-refractivity contribution in [1.82, 2.24) is 4.90 Å². The van der Waals surface area contributed by atoms with Crippen molar-refractivity contribution < 1.29 is 4.74 Å². The van der Waals surface area contributed by atoms with E-state index in [0.717, 1.165) is 5.56 Å². The van der Waals surface area contributed by atoms with Crippen LogP contribution in [-0.4, -0.2) is 31.1 Å². The van der Waals surface area contributed by atoms with Gasteiger partial charge in [0, 0.05) is 20.2 Å². The molecule has 19 heavy (non-hydrogen) atoms. The van der Waals surface area contributed by atoms with Gasteiger partial charge >= 0.3 is 0 Å². The molecule has 1 aliphatic carbocycles. The van der Waals surface area contributed by atoms with E-state index < -0.39 is 0 Å². The van der Waals surface area contributed by atoms with E-state index in [4.69, 9.17) is 10.5 Å². The number of benzene rings is 1. The Balaban J connectivity index is 0.00000180. The second kappa shape index (κ2) is 7.69. The predicted octanol–water partition coefficient (Wildman–Crippen LogP) is 2.36. The van der Waals surface area contributed by atoms with Crippen molar-refractivity contribution in [3.63, 3.8) is 0 Å². The van der Waals surface area contributed by atoms with Crippen molar-refractivity contribution >= 4 is 29.9 Å². The average molecular weight is 375 g/mol. The van der Waals surface area contributed by atoms with Crippen molar-refractivity contribution in [2.24, 2.45) is 10.7 Å². The second-order valence-corrected chi connectivity index (χ2v) is 4.77. The summed E-state index contributed by atoms with van der Waals surface area (Å²) in [5, 5.41) is 0. The van der Waals surface area contributed by atoms with E-state index in [1.165, 1.54) is 18.4 Å². The highest BCUT2D eigenvalue weighted by molar-refractivity contribution is 14.0. The highest BCUT2D eigenvalue weighted by atomic mass is 127. The highest BCUT2D eigenvalue weighted by Gasteiger charge is 2.27. The lowest BCUT2D eigenvalue weighted by atomic mass is 10.1. The van der Waals surface area contributed by atoms with Crippen LogP contribution in [0.3, 0.4) is 0 Å². The lowest BCUT2D eigenvalue weighted by Crippen LogP contribution is -2.35. The van der Waals surface area contributed by atoms with E-state index in [1.54, 1.807) is 7.11 Å². The third-order valence-corrected chi connectivity index (χ3v) is 3.18. The third kappa shape index (κ3) is 4.99. The number of guanidine groups is 1. The minimum atomic E-state index is 0. The first-order valence-electron chi connectivity index (χ1n) is 6.30. The molecule has 1 aromatic carbocycles. The average Bonchev–Trinajstić information content (AvgIpc) is 3.20. The van der Waals surface area contributed by atoms with Crippen molar-refractivity contribution in [3.05, 3.63) is 35.4 Å². The molecule has 0 spiro atoms. The zero-order chi connectivity index (χ0) is 13.0. The lowest BCUT2D eigenvalue weighted by molar-refractivity contribution is 0.185. The zero-order valence-electron chi connectivity index (χ0n) is 11.5. The second-order valence-electron chi connectivity index (χ2n) is 4.77. The SMILES string of the molecule is COCc1cccc(CN=C(N)N(C)C2CC2)c1.I. The molecule has 2 N–H and O–H groups in total. The lowest BCUT2D eigenvalue weighted by Gasteiger charge is -2.16. The Kier molecular flexibility index (Phi) is 6.57. The van der Waals surface area contributed by atoms with Gasteiger partial charge in [0.05, 0.1) is 13.2 Å². The molecule has 5 heteroatoms. The van der Waals surface area contributed by atoms with Gasteiger partial charge in [-0.3, -0.25) is 0 Å². The molecule has 0 aromatic heterocycles. The van der Waals surface area contributed by atoms with E-state index in [1.807, 2.05) is 13.1 Å². The monoisotopic (exact) mass is 375 g/mol. The van der Waals surface area contributed by atoms with Crippen LogP contribution in [0.25, 0.3) is 0 Å². The summed E-state index contributed by atoms with van der Waals surface area (Å²) in [6.07, 6.45) is 2.46. The fourth-order valence-electron chi connectivity index (χ4n) is 1.92. The van der Waals surface area contributed by atoms with Crippen LogP contribution < -0.4 is 5.73 Å². The van der Waals surface area contributed by atoms with E-state index in [9.17, 15) is 0 Å². The summed E-state index contributed by atoms with van der Waals surface area (Å²) < 4.78 is 5.12. The summed E-state index contributed by atoms with van der Waals surface area (Å²) in [6.45, 7) is 1.26. The molecule has 1 saturated carbocycles. The minimum absolute atomic E-state index is 0. The highest BCUT2D eigenvalue weighted by Crippen LogP contribution is 2.24. The number of rotatable bonds is 5. The van der Waals surface area contributed by atoms with Crippen molar-refractivity contribution in [3.8, 4) is 0 Å². The maximum Gasteiger partial charge on any atom is 0.191 e. The Morgan fingerprint density at radius 1 is 1.42 bits per heavy atom. The third-order valence-electron chi connectivity index (χ3n) is 3.18. The summed E-state index contributed by atoms with van der Waals surface area (Å²) in [7, 11) is 3.71. The number of nitrogens with two attached hydrogens (primary N) is 1. The van der Waals surface area contributed by atoms with Gasteiger partial charge in [0.2, 0.25) is 0 Å². The van der Waals surface area contributed by atoms with Crippen LogP contribution in [0, 0.1) is 0 Å². The predicted molar refractivity (Wildman–Crippen MR) is 88.7 cm³/mol. The molecule has 1 fully saturated rings. The first kappa shape index (κ1) is 16.2. The summed E-state index contributed by atoms with van der Waals surface area (Å²) in [5.74, 6) is 0.634. The van der Waals surface area contributed by atoms with E-state index in [0.29, 0.717) is 25.2 Å². The van der Waals surface area contributed by atoms with Gasteiger partial charge in [-0.1, -0.05) is 24.3 Å². The van der Waals surface area contributed by atoms with Crippen LogP contribution in [0.1, 0.15) is 24.0 Å². The first-order valence-corrected chi connectivity index (χ1v) is 6.30. The van der Waals surface area contributed by atoms with Crippen LogP contribution in [0.4, 0.5) is 0 Å². The molecule has 0 amide bonds. The number of ether oxygens (including phenoxy) is 1. The molecule has 0 radical (unpaired) electrons. The zero-order valence-corrected chi connectivity index (χ0v) is 13.8. The molecule has 0 saturated heterocycles. The fraction of sp³-hybridized carbons (Fsp3) is 0.500. The molecule has 4 nitrogen and oxygen atoms in total. The Labute approximate surface area is 132 Å². The Morgan fingerprint density at radius 3 is 2.74 bits per heavy atom. The summed E-state index contributed by atoms with van der Waals surface area (Å²) in [5.41, 5.74) is 8.28. The molecule has 0 heterocycles. The van der Waals surface area contributed by atoms with Gasteiger partial charge in [-0.25, -0.2) is 4.99 Å². The van der Waals surface area contributed by atoms with Crippen LogP contribution in [-0.2, 0) is 17.9 Å². The molecule has 0 bridgehead atoms. The quantitative estimate of drug-likeness (QED) is 0.489. The molecule has 1 aliphatic rings. The number of aliphatic imine (C=N–C) groups is 1. The van der Waals surface area contributed by atoms with Crippen LogP contribution in [0.5, 0.6) is 0 Å². The van der Waals surface area contributed by atoms with E-state index in [2.05, 4.69) is 28.1 Å². The van der Waals surface area contributed by atoms with Crippen LogP contribution >= 0.6 is 24.0 Å². The van der Waals surface area contributed by atoms with Crippen LogP contribution in [0.2, 0.25) is 0 Å². The van der Waals surface area contributed by atoms with Gasteiger partial charge in [0.25, 0.3) is 0 Å². The number of hydrogen-bond donors (Lipinski definition) is 1. The van der Waals surface area contributed by atoms with Gasteiger partial charge in [0.1, 0.15) is 0 Å². The number of halogens is 1. The Bertz CT molecular complexity index is 432. The van der Waals surface area contributed by atoms with Gasteiger partial charge in [-0.15, -0.1) is 24.0 Å². The summed E-state index contributed by atoms with van der Waals surface area (Å²) in [6, 6.07) is 8.86. The molecule has 1 aromatic rings. The molecule has 0 unspecified atom stereocenters. The number of methoxy groups -OCH3 is 1. The molecule has 0 aliphatic heterocycles. The smallest absolute Gasteiger partial charge is 0.191 e. The maximum absolute atomic E-state index is 5.95. The van der Waals surface area contributed by atoms with E-state index >= 15 is 0 Å². The van der Waals surface area contributed by atoms with Crippen molar-refractivity contribution in [2.75, 3.05) is 14.2 Å². The molecule has 2 rings (SSSR count). The maximum atomic E-state index is 5.95. The first-order chi connectivity index (χ1) is 8.70. The standard InChI is InChI=1S/C14H21N3O.HI/c1-17(13-6-7-13)14(15)16-9-11-4-3-5-12(8-11)10-18-2;/h3-5,8,13H,6-7,9-10H2,1-2H3,(H2,15,16);1H. The number of nitrogens with zero attached hydrogens (tertiary/aromatic N) is 2. The van der Waals surface area contributed by atoms with E-state index in [-0.39, 0.29) is 24.0 Å². The summed E-state index contributed by atoms with van der Waals surface area (Å²) >= 11 is 0. The number of hydrogen-bond acceptors (Lipinski definition) is 2. The molecular weight excluding hydrogens is 353 g/mol.